The van der Waals surface area contributed by atoms with Crippen LogP contribution in [0.25, 0.3) is 42.0 Å². The number of rotatable bonds is 8. The number of carbonyl (C=O) groups excluding carboxylic acids is 2. The number of nitrogen functional groups attached to an aromatic ring is 1. The van der Waals surface area contributed by atoms with E-state index in [1.54, 1.807) is 12.1 Å². The van der Waals surface area contributed by atoms with E-state index in [1.807, 2.05) is 64.1 Å². The number of nitrogens with one attached hydrogen (secondary N) is 5. The van der Waals surface area contributed by atoms with Crippen molar-refractivity contribution < 1.29 is 37.3 Å². The Kier molecular flexibility index (Phi) is 13.1. The number of nitrogens with zero attached hydrogens (tertiary/aromatic N) is 6. The highest BCUT2D eigenvalue weighted by atomic mass is 35.5. The minimum atomic E-state index is -0.699. The molecule has 8 aromatic rings. The molecule has 0 aliphatic carbocycles. The van der Waals surface area contributed by atoms with Crippen molar-refractivity contribution in [3.63, 3.8) is 0 Å². The van der Waals surface area contributed by atoms with Crippen LogP contribution in [-0.2, 0) is 9.47 Å². The van der Waals surface area contributed by atoms with Crippen LogP contribution in [0.5, 0.6) is 12.0 Å². The van der Waals surface area contributed by atoms with Crippen molar-refractivity contribution in [2.24, 2.45) is 10.8 Å². The zero-order valence-corrected chi connectivity index (χ0v) is 41.1. The first kappa shape index (κ1) is 47.8. The molecule has 18 nitrogen and oxygen atoms in total. The molecule has 0 bridgehead atoms. The first-order valence-electron chi connectivity index (χ1n) is 22.6. The van der Waals surface area contributed by atoms with Crippen molar-refractivity contribution in [2.45, 2.75) is 39.8 Å². The van der Waals surface area contributed by atoms with Gasteiger partial charge in [0.25, 0.3) is 11.8 Å². The summed E-state index contributed by atoms with van der Waals surface area (Å²) in [5.74, 6) is -0.665. The van der Waals surface area contributed by atoms with Gasteiger partial charge in [-0.2, -0.15) is 28.7 Å². The number of pyridine rings is 2. The van der Waals surface area contributed by atoms with E-state index in [-0.39, 0.29) is 58.4 Å². The number of carbonyl (C=O) groups is 2. The Morgan fingerprint density at radius 2 is 1.20 bits per heavy atom. The Morgan fingerprint density at radius 1 is 0.690 bits per heavy atom. The number of hydrogen-bond donors (Lipinski definition) is 6. The summed E-state index contributed by atoms with van der Waals surface area (Å²) in [7, 11) is 0. The number of halogens is 3. The van der Waals surface area contributed by atoms with E-state index in [4.69, 9.17) is 41.3 Å². The van der Waals surface area contributed by atoms with Crippen molar-refractivity contribution in [3.05, 3.63) is 87.5 Å². The van der Waals surface area contributed by atoms with Gasteiger partial charge in [0.15, 0.2) is 0 Å². The molecule has 2 aromatic carbocycles. The molecule has 23 heteroatoms. The molecule has 0 unspecified atom stereocenters. The van der Waals surface area contributed by atoms with Crippen LogP contribution in [0.1, 0.15) is 47.0 Å². The summed E-state index contributed by atoms with van der Waals surface area (Å²) < 4.78 is 50.2. The van der Waals surface area contributed by atoms with Crippen molar-refractivity contribution >= 4 is 117 Å². The van der Waals surface area contributed by atoms with Crippen LogP contribution < -0.4 is 41.8 Å². The molecule has 71 heavy (non-hydrogen) atoms. The molecule has 2 saturated heterocycles. The van der Waals surface area contributed by atoms with Crippen LogP contribution in [0.2, 0.25) is 5.15 Å². The molecular formula is C48H47ClF2N12O6S2. The predicted octanol–water partition coefficient (Wildman–Crippen LogP) is 8.34. The third kappa shape index (κ3) is 10.3. The Hall–Kier alpha value is -6.85. The number of anilines is 5. The number of hydrogen-bond acceptors (Lipinski definition) is 18. The first-order valence-corrected chi connectivity index (χ1v) is 24.6. The summed E-state index contributed by atoms with van der Waals surface area (Å²) in [5.41, 5.74) is 8.55. The standard InChI is InChI=1S/C24H23FN6O3S.C15H12ClN3OS.C9H12FN3O2/c1-12-8-26-20-19-13-3-6-17(28-14(13)4-5-15(19)35-21(20)22(32)27-12)30-18-7-16(25)29-23(31-18)34-11-24(2)9-33-10-24;1-7-6-17-13-12-8-2-5-11(16)19-9(8)3-4-10(12)21-14(13)15(20)18-7;1-9(3-14-4-9)5-15-8-12-6(10)2-7(11)13-8/h3-7,12,26H,8-11H2,1-2H3,(H,27,32)(H,28,29,30,31);2-5,7,17H,6H2,1H3,(H,18,20);2H,3-5H2,1H3,(H2,11,12,13)/t12-;7-;/m11./s1. The molecule has 368 valence electrons. The minimum absolute atomic E-state index is 0.0150. The fraction of sp³-hybridized carbons (Fsp3) is 0.333. The molecule has 2 fully saturated rings. The second-order valence-electron chi connectivity index (χ2n) is 18.5. The molecule has 12 rings (SSSR count). The maximum Gasteiger partial charge on any atom is 0.321 e. The van der Waals surface area contributed by atoms with Gasteiger partial charge in [-0.05, 0) is 62.4 Å². The Bertz CT molecular complexity index is 3350. The molecule has 2 amide bonds. The molecule has 2 atom stereocenters. The molecule has 0 saturated carbocycles. The molecule has 4 aliphatic heterocycles. The summed E-state index contributed by atoms with van der Waals surface area (Å²) in [5, 5.41) is 20.3. The van der Waals surface area contributed by atoms with Gasteiger partial charge in [-0.25, -0.2) is 9.97 Å². The van der Waals surface area contributed by atoms with Crippen molar-refractivity contribution in [3.8, 4) is 12.0 Å². The molecule has 7 N–H and O–H groups in total. The van der Waals surface area contributed by atoms with E-state index in [9.17, 15) is 18.4 Å². The van der Waals surface area contributed by atoms with Crippen LogP contribution in [0.3, 0.4) is 0 Å². The van der Waals surface area contributed by atoms with Gasteiger partial charge in [0, 0.05) is 79.1 Å². The van der Waals surface area contributed by atoms with E-state index < -0.39 is 11.9 Å². The predicted molar refractivity (Wildman–Crippen MR) is 271 cm³/mol. The first-order chi connectivity index (χ1) is 34.1. The van der Waals surface area contributed by atoms with Crippen LogP contribution in [-0.4, -0.2) is 107 Å². The third-order valence-corrected chi connectivity index (χ3v) is 14.4. The normalized spacial score (nSPS) is 18.5. The highest BCUT2D eigenvalue weighted by Gasteiger charge is 2.36. The van der Waals surface area contributed by atoms with Crippen molar-refractivity contribution in [1.29, 1.82) is 0 Å². The second kappa shape index (κ2) is 19.4. The monoisotopic (exact) mass is 1020 g/mol. The Balaban J connectivity index is 0.000000136. The molecule has 4 aliphatic rings. The number of nitrogens with two attached hydrogens (primary N) is 1. The number of thiophene rings is 2. The highest BCUT2D eigenvalue weighted by Crippen LogP contribution is 2.43. The smallest absolute Gasteiger partial charge is 0.321 e. The summed E-state index contributed by atoms with van der Waals surface area (Å²) in [6.07, 6.45) is 0. The molecular weight excluding hydrogens is 978 g/mol. The van der Waals surface area contributed by atoms with E-state index in [0.29, 0.717) is 68.6 Å². The lowest BCUT2D eigenvalue weighted by Crippen LogP contribution is -2.44. The van der Waals surface area contributed by atoms with Crippen LogP contribution in [0.15, 0.2) is 60.7 Å². The van der Waals surface area contributed by atoms with Gasteiger partial charge in [0.05, 0.1) is 48.8 Å². The summed E-state index contributed by atoms with van der Waals surface area (Å²) in [6, 6.07) is 17.6. The Labute approximate surface area is 417 Å². The van der Waals surface area contributed by atoms with E-state index in [1.165, 1.54) is 28.7 Å². The summed E-state index contributed by atoms with van der Waals surface area (Å²) >= 11 is 8.94. The minimum Gasteiger partial charge on any atom is -0.463 e. The van der Waals surface area contributed by atoms with E-state index in [2.05, 4.69) is 51.5 Å². The number of aromatic nitrogens is 6. The maximum atomic E-state index is 14.1. The molecule has 0 radical (unpaired) electrons. The molecule has 10 heterocycles. The van der Waals surface area contributed by atoms with Gasteiger partial charge in [-0.3, -0.25) is 9.59 Å². The lowest BCUT2D eigenvalue weighted by Gasteiger charge is -2.37. The number of amides is 2. The van der Waals surface area contributed by atoms with Gasteiger partial charge in [-0.15, -0.1) is 22.7 Å². The van der Waals surface area contributed by atoms with Gasteiger partial charge in [0.1, 0.15) is 45.6 Å². The van der Waals surface area contributed by atoms with Gasteiger partial charge >= 0.3 is 12.0 Å². The quantitative estimate of drug-likeness (QED) is 0.0620. The molecule has 0 spiro atoms. The fourth-order valence-electron chi connectivity index (χ4n) is 8.18. The van der Waals surface area contributed by atoms with E-state index >= 15 is 0 Å². The number of benzene rings is 2. The summed E-state index contributed by atoms with van der Waals surface area (Å²) in [4.78, 5) is 50.6. The molecule has 6 aromatic heterocycles. The number of ether oxygens (including phenoxy) is 4. The summed E-state index contributed by atoms with van der Waals surface area (Å²) in [6.45, 7) is 12.5. The SMILES string of the molecule is CC1(COc2nc(N)cc(F)n2)COC1.C[C@@H]1CNc2c(sc3ccc4nc(Cl)ccc4c23)C(=O)N1.C[C@@H]1CNc2c(sc3ccc4nc(Nc5cc(F)nc(OCC6(C)COC6)n5)ccc4c23)C(=O)N1. The zero-order chi connectivity index (χ0) is 49.6. The van der Waals surface area contributed by atoms with E-state index in [0.717, 1.165) is 64.3 Å². The van der Waals surface area contributed by atoms with Gasteiger partial charge < -0.3 is 51.3 Å². The maximum absolute atomic E-state index is 14.1. The van der Waals surface area contributed by atoms with Crippen LogP contribution in [0.4, 0.5) is 37.6 Å². The zero-order valence-electron chi connectivity index (χ0n) is 38.7. The largest absolute Gasteiger partial charge is 0.463 e. The van der Waals surface area contributed by atoms with Crippen LogP contribution in [0, 0.1) is 22.7 Å². The van der Waals surface area contributed by atoms with Crippen LogP contribution >= 0.6 is 34.3 Å². The third-order valence-electron chi connectivity index (χ3n) is 11.9. The van der Waals surface area contributed by atoms with Crippen molar-refractivity contribution in [1.82, 2.24) is 40.5 Å². The lowest BCUT2D eigenvalue weighted by molar-refractivity contribution is -0.121. The lowest BCUT2D eigenvalue weighted by atomic mass is 9.90. The fourth-order valence-corrected chi connectivity index (χ4v) is 10.5. The number of fused-ring (bicyclic) bond motifs is 10. The second-order valence-corrected chi connectivity index (χ2v) is 21.0. The Morgan fingerprint density at radius 3 is 1.72 bits per heavy atom. The highest BCUT2D eigenvalue weighted by molar-refractivity contribution is 7.22. The topological polar surface area (TPSA) is 235 Å². The van der Waals surface area contributed by atoms with Crippen molar-refractivity contribution in [2.75, 3.05) is 74.4 Å². The van der Waals surface area contributed by atoms with Gasteiger partial charge in [-0.1, -0.05) is 25.4 Å². The average molecular weight is 1030 g/mol. The van der Waals surface area contributed by atoms with Gasteiger partial charge in [0.2, 0.25) is 11.9 Å². The average Bonchev–Trinajstić information content (AvgIpc) is 3.81.